The summed E-state index contributed by atoms with van der Waals surface area (Å²) in [6, 6.07) is 0. The lowest BCUT2D eigenvalue weighted by Gasteiger charge is -2.60. The van der Waals surface area contributed by atoms with Crippen molar-refractivity contribution >= 4 is 17.9 Å². The van der Waals surface area contributed by atoms with Crippen LogP contribution in [-0.2, 0) is 28.5 Å². The minimum atomic E-state index is -2.08. The largest absolute Gasteiger partial charge is 0.511 e. The van der Waals surface area contributed by atoms with Gasteiger partial charge in [0.2, 0.25) is 17.9 Å². The van der Waals surface area contributed by atoms with Crippen molar-refractivity contribution in [3.63, 3.8) is 0 Å². The predicted molar refractivity (Wildman–Crippen MR) is 132 cm³/mol. The SMILES string of the molecule is CCOC(=O)OC(C)OC(=O)[C@@H]1CCC2C3C[C@H](F)C4=CC(=O)C(OC(C)(O)CO)=C[C@]4(C)[C@@]3(F)CC[C@@]21C. The average molecular weight is 557 g/mol. The Labute approximate surface area is 226 Å². The number of halogens is 2. The van der Waals surface area contributed by atoms with Crippen LogP contribution in [-0.4, -0.2) is 65.3 Å². The number of hydrogen-bond acceptors (Lipinski definition) is 9. The van der Waals surface area contributed by atoms with E-state index < -0.39 is 71.1 Å². The van der Waals surface area contributed by atoms with E-state index in [9.17, 15) is 24.6 Å². The van der Waals surface area contributed by atoms with Crippen molar-refractivity contribution in [2.24, 2.45) is 28.6 Å². The lowest BCUT2D eigenvalue weighted by atomic mass is 9.46. The number of hydrogen-bond donors (Lipinski definition) is 2. The molecule has 0 saturated heterocycles. The molecule has 0 aromatic heterocycles. The van der Waals surface area contributed by atoms with Gasteiger partial charge in [-0.3, -0.25) is 9.59 Å². The monoisotopic (exact) mass is 556 g/mol. The summed E-state index contributed by atoms with van der Waals surface area (Å²) in [5.41, 5.74) is -4.13. The molecule has 0 amide bonds. The second-order valence-corrected chi connectivity index (χ2v) is 11.8. The second-order valence-electron chi connectivity index (χ2n) is 11.8. The van der Waals surface area contributed by atoms with Crippen molar-refractivity contribution in [1.29, 1.82) is 0 Å². The molecule has 0 spiro atoms. The quantitative estimate of drug-likeness (QED) is 0.352. The predicted octanol–water partition coefficient (Wildman–Crippen LogP) is 4.06. The summed E-state index contributed by atoms with van der Waals surface area (Å²) in [6.07, 6.45) is -0.331. The Hall–Kier alpha value is -2.53. The fourth-order valence-electron chi connectivity index (χ4n) is 7.43. The summed E-state index contributed by atoms with van der Waals surface area (Å²) >= 11 is 0. The summed E-state index contributed by atoms with van der Waals surface area (Å²) in [7, 11) is 0. The Morgan fingerprint density at radius 3 is 2.54 bits per heavy atom. The van der Waals surface area contributed by atoms with Crippen molar-refractivity contribution in [1.82, 2.24) is 0 Å². The topological polar surface area (TPSA) is 129 Å². The fraction of sp³-hybridized carbons (Fsp3) is 0.750. The van der Waals surface area contributed by atoms with Crippen LogP contribution in [0.3, 0.4) is 0 Å². The van der Waals surface area contributed by atoms with Crippen LogP contribution >= 0.6 is 0 Å². The zero-order valence-corrected chi connectivity index (χ0v) is 23.0. The molecule has 39 heavy (non-hydrogen) atoms. The fourth-order valence-corrected chi connectivity index (χ4v) is 7.43. The number of aliphatic hydroxyl groups excluding tert-OH is 1. The van der Waals surface area contributed by atoms with Crippen molar-refractivity contribution < 1.29 is 52.3 Å². The van der Waals surface area contributed by atoms with Crippen LogP contribution in [0.4, 0.5) is 13.6 Å². The maximum Gasteiger partial charge on any atom is 0.511 e. The molecule has 0 radical (unpaired) electrons. The van der Waals surface area contributed by atoms with Crippen LogP contribution < -0.4 is 0 Å². The van der Waals surface area contributed by atoms with Crippen LogP contribution in [0.25, 0.3) is 0 Å². The summed E-state index contributed by atoms with van der Waals surface area (Å²) in [4.78, 5) is 37.4. The number of alkyl halides is 2. The Morgan fingerprint density at radius 2 is 1.90 bits per heavy atom. The van der Waals surface area contributed by atoms with Gasteiger partial charge in [0.05, 0.1) is 12.5 Å². The number of carbonyl (C=O) groups excluding carboxylic acids is 3. The molecule has 9 nitrogen and oxygen atoms in total. The van der Waals surface area contributed by atoms with Gasteiger partial charge in [-0.15, -0.1) is 0 Å². The lowest BCUT2D eigenvalue weighted by molar-refractivity contribution is -0.192. The number of esters is 1. The summed E-state index contributed by atoms with van der Waals surface area (Å²) < 4.78 is 53.4. The highest BCUT2D eigenvalue weighted by Gasteiger charge is 2.69. The molecule has 4 rings (SSSR count). The molecule has 9 atom stereocenters. The van der Waals surface area contributed by atoms with Gasteiger partial charge in [-0.2, -0.15) is 0 Å². The maximum absolute atomic E-state index is 17.4. The number of carbonyl (C=O) groups is 3. The average Bonchev–Trinajstić information content (AvgIpc) is 3.19. The summed E-state index contributed by atoms with van der Waals surface area (Å²) in [5.74, 6) is -5.39. The Kier molecular flexibility index (Phi) is 7.66. The molecule has 2 N–H and O–H groups in total. The molecule has 3 fully saturated rings. The molecule has 0 aromatic carbocycles. The number of ether oxygens (including phenoxy) is 4. The highest BCUT2D eigenvalue weighted by molar-refractivity contribution is 6.04. The van der Waals surface area contributed by atoms with Crippen molar-refractivity contribution in [2.45, 2.75) is 90.6 Å². The Bertz CT molecular complexity index is 1090. The van der Waals surface area contributed by atoms with Gasteiger partial charge in [0.25, 0.3) is 0 Å². The molecule has 0 aliphatic heterocycles. The van der Waals surface area contributed by atoms with Crippen molar-refractivity contribution in [2.75, 3.05) is 13.2 Å². The third-order valence-electron chi connectivity index (χ3n) is 9.44. The number of rotatable bonds is 7. The molecule has 0 heterocycles. The van der Waals surface area contributed by atoms with Crippen molar-refractivity contribution in [3.8, 4) is 0 Å². The zero-order valence-electron chi connectivity index (χ0n) is 23.0. The van der Waals surface area contributed by atoms with Gasteiger partial charge < -0.3 is 29.2 Å². The van der Waals surface area contributed by atoms with E-state index in [2.05, 4.69) is 0 Å². The second kappa shape index (κ2) is 10.1. The minimum absolute atomic E-state index is 0.00174. The van der Waals surface area contributed by atoms with E-state index in [4.69, 9.17) is 18.9 Å². The van der Waals surface area contributed by atoms with Gasteiger partial charge >= 0.3 is 12.1 Å². The molecular formula is C28H38F2O9. The van der Waals surface area contributed by atoms with Crippen LogP contribution in [0.1, 0.15) is 66.7 Å². The first kappa shape index (κ1) is 29.5. The molecule has 218 valence electrons. The van der Waals surface area contributed by atoms with E-state index in [-0.39, 0.29) is 36.7 Å². The molecule has 4 aliphatic rings. The van der Waals surface area contributed by atoms with E-state index in [1.54, 1.807) is 13.8 Å². The number of aliphatic hydroxyl groups is 2. The first-order valence-electron chi connectivity index (χ1n) is 13.5. The minimum Gasteiger partial charge on any atom is -0.457 e. The van der Waals surface area contributed by atoms with Crippen LogP contribution in [0, 0.1) is 28.6 Å². The Morgan fingerprint density at radius 1 is 1.21 bits per heavy atom. The normalized spacial score (nSPS) is 39.6. The smallest absolute Gasteiger partial charge is 0.457 e. The first-order chi connectivity index (χ1) is 18.1. The van der Waals surface area contributed by atoms with Gasteiger partial charge in [-0.05, 0) is 75.0 Å². The molecule has 0 aromatic rings. The van der Waals surface area contributed by atoms with E-state index in [1.807, 2.05) is 6.92 Å². The van der Waals surface area contributed by atoms with Gasteiger partial charge in [0.1, 0.15) is 18.4 Å². The zero-order chi connectivity index (χ0) is 29.0. The molecule has 0 bridgehead atoms. The number of fused-ring (bicyclic) bond motifs is 5. The van der Waals surface area contributed by atoms with E-state index in [0.717, 1.165) is 13.0 Å². The summed E-state index contributed by atoms with van der Waals surface area (Å²) in [5, 5.41) is 19.5. The standard InChI is InChI=1S/C28H38F2O9/c1-6-36-24(34)38-15(2)37-23(33)17-8-7-16-18-11-20(29)19-12-21(32)22(39-27(5,35)14-31)13-26(19,4)28(18,30)10-9-25(16,17)3/h12-13,15-18,20,31,35H,6-11,14H2,1-5H3/t15?,16?,17-,18?,20-,25-,26-,27?,28+/m0/s1. The van der Waals surface area contributed by atoms with Gasteiger partial charge in [0, 0.05) is 25.2 Å². The number of ketones is 1. The van der Waals surface area contributed by atoms with Crippen LogP contribution in [0.15, 0.2) is 23.5 Å². The van der Waals surface area contributed by atoms with Crippen LogP contribution in [0.2, 0.25) is 0 Å². The summed E-state index contributed by atoms with van der Waals surface area (Å²) in [6.45, 7) is 6.94. The highest BCUT2D eigenvalue weighted by atomic mass is 19.1. The van der Waals surface area contributed by atoms with Gasteiger partial charge in [-0.25, -0.2) is 13.6 Å². The molecule has 11 heteroatoms. The molecule has 4 aliphatic carbocycles. The first-order valence-corrected chi connectivity index (χ1v) is 13.5. The lowest BCUT2D eigenvalue weighted by Crippen LogP contribution is -2.62. The number of allylic oxidation sites excluding steroid dienone is 3. The maximum atomic E-state index is 17.4. The highest BCUT2D eigenvalue weighted by Crippen LogP contribution is 2.69. The van der Waals surface area contributed by atoms with Gasteiger partial charge in [-0.1, -0.05) is 6.92 Å². The van der Waals surface area contributed by atoms with E-state index in [1.165, 1.54) is 13.0 Å². The van der Waals surface area contributed by atoms with Crippen LogP contribution in [0.5, 0.6) is 0 Å². The molecule has 4 unspecified atom stereocenters. The third kappa shape index (κ3) is 4.85. The van der Waals surface area contributed by atoms with E-state index >= 15 is 8.78 Å². The third-order valence-corrected chi connectivity index (χ3v) is 9.44. The Balaban J connectivity index is 1.60. The van der Waals surface area contributed by atoms with E-state index in [0.29, 0.717) is 19.3 Å². The molecular weight excluding hydrogens is 518 g/mol. The van der Waals surface area contributed by atoms with Crippen molar-refractivity contribution in [3.05, 3.63) is 23.5 Å². The molecule has 3 saturated carbocycles. The van der Waals surface area contributed by atoms with Gasteiger partial charge in [0.15, 0.2) is 5.76 Å².